The van der Waals surface area contributed by atoms with E-state index in [0.29, 0.717) is 43.2 Å². The lowest BCUT2D eigenvalue weighted by Crippen LogP contribution is -2.37. The number of rotatable bonds is 10. The zero-order valence-corrected chi connectivity index (χ0v) is 22.4. The SMILES string of the molecule is C=C1CC[C@@](O)(OCCCN)C/C1=C/C=C1CCC[C@@]2(C)C1CC[C@@H]2[C@H](C)CCCC(C)(C)O. The Morgan fingerprint density at radius 2 is 1.97 bits per heavy atom. The van der Waals surface area contributed by atoms with Crippen LogP contribution in [-0.4, -0.2) is 34.8 Å². The van der Waals surface area contributed by atoms with Crippen molar-refractivity contribution in [2.75, 3.05) is 13.2 Å². The average molecular weight is 474 g/mol. The normalized spacial score (nSPS) is 35.7. The molecule has 3 rings (SSSR count). The minimum atomic E-state index is -1.08. The van der Waals surface area contributed by atoms with Crippen molar-refractivity contribution in [1.82, 2.24) is 0 Å². The van der Waals surface area contributed by atoms with Gasteiger partial charge in [0.25, 0.3) is 0 Å². The smallest absolute Gasteiger partial charge is 0.169 e. The first-order valence-corrected chi connectivity index (χ1v) is 13.8. The Hall–Kier alpha value is -0.940. The van der Waals surface area contributed by atoms with E-state index in [-0.39, 0.29) is 0 Å². The molecule has 4 heteroatoms. The first kappa shape index (κ1) is 27.6. The van der Waals surface area contributed by atoms with Crippen LogP contribution in [0.4, 0.5) is 0 Å². The minimum absolute atomic E-state index is 0.381. The van der Waals surface area contributed by atoms with Gasteiger partial charge in [-0.3, -0.25) is 0 Å². The van der Waals surface area contributed by atoms with Crippen LogP contribution in [0.15, 0.2) is 35.5 Å². The van der Waals surface area contributed by atoms with Gasteiger partial charge in [-0.2, -0.15) is 0 Å². The van der Waals surface area contributed by atoms with Crippen molar-refractivity contribution in [1.29, 1.82) is 0 Å². The molecule has 0 radical (unpaired) electrons. The summed E-state index contributed by atoms with van der Waals surface area (Å²) in [5.41, 5.74) is 9.27. The molecule has 194 valence electrons. The molecule has 3 aliphatic rings. The molecule has 0 aromatic carbocycles. The fourth-order valence-corrected chi connectivity index (χ4v) is 7.14. The van der Waals surface area contributed by atoms with Crippen LogP contribution in [0, 0.1) is 23.2 Å². The number of hydrogen-bond acceptors (Lipinski definition) is 4. The van der Waals surface area contributed by atoms with Crippen LogP contribution in [0.2, 0.25) is 0 Å². The number of hydrogen-bond donors (Lipinski definition) is 3. The predicted octanol–water partition coefficient (Wildman–Crippen LogP) is 6.43. The number of fused-ring (bicyclic) bond motifs is 1. The average Bonchev–Trinajstić information content (AvgIpc) is 3.11. The molecule has 0 saturated heterocycles. The highest BCUT2D eigenvalue weighted by atomic mass is 16.6. The summed E-state index contributed by atoms with van der Waals surface area (Å²) in [5.74, 6) is 1.05. The molecule has 5 atom stereocenters. The fraction of sp³-hybridized carbons (Fsp3) is 0.800. The first-order chi connectivity index (χ1) is 16.0. The quantitative estimate of drug-likeness (QED) is 0.252. The highest BCUT2D eigenvalue weighted by molar-refractivity contribution is 5.37. The van der Waals surface area contributed by atoms with E-state index >= 15 is 0 Å². The molecular formula is C30H51NO3. The second kappa shape index (κ2) is 11.4. The summed E-state index contributed by atoms with van der Waals surface area (Å²) in [5, 5.41) is 21.0. The molecule has 4 nitrogen and oxygen atoms in total. The highest BCUT2D eigenvalue weighted by Crippen LogP contribution is 2.60. The van der Waals surface area contributed by atoms with Gasteiger partial charge in [0.05, 0.1) is 12.2 Å². The molecule has 1 unspecified atom stereocenters. The summed E-state index contributed by atoms with van der Waals surface area (Å²) >= 11 is 0. The second-order valence-corrected chi connectivity index (χ2v) is 12.4. The van der Waals surface area contributed by atoms with Crippen molar-refractivity contribution >= 4 is 0 Å². The van der Waals surface area contributed by atoms with Gasteiger partial charge in [0.1, 0.15) is 0 Å². The lowest BCUT2D eigenvalue weighted by Gasteiger charge is -2.44. The maximum absolute atomic E-state index is 10.9. The van der Waals surface area contributed by atoms with E-state index in [9.17, 15) is 10.2 Å². The van der Waals surface area contributed by atoms with E-state index in [2.05, 4.69) is 32.6 Å². The van der Waals surface area contributed by atoms with Gasteiger partial charge in [0.2, 0.25) is 0 Å². The zero-order valence-electron chi connectivity index (χ0n) is 22.4. The monoisotopic (exact) mass is 473 g/mol. The van der Waals surface area contributed by atoms with Gasteiger partial charge in [-0.25, -0.2) is 0 Å². The van der Waals surface area contributed by atoms with Crippen molar-refractivity contribution in [3.05, 3.63) is 35.5 Å². The Balaban J connectivity index is 1.68. The van der Waals surface area contributed by atoms with E-state index in [0.717, 1.165) is 42.7 Å². The molecule has 0 bridgehead atoms. The van der Waals surface area contributed by atoms with Gasteiger partial charge in [0, 0.05) is 12.8 Å². The maximum atomic E-state index is 10.9. The van der Waals surface area contributed by atoms with Crippen molar-refractivity contribution in [3.8, 4) is 0 Å². The summed E-state index contributed by atoms with van der Waals surface area (Å²) in [6, 6.07) is 0. The Morgan fingerprint density at radius 1 is 1.21 bits per heavy atom. The van der Waals surface area contributed by atoms with Crippen molar-refractivity contribution in [2.24, 2.45) is 28.9 Å². The Kier molecular flexibility index (Phi) is 9.28. The third-order valence-electron chi connectivity index (χ3n) is 9.13. The first-order valence-electron chi connectivity index (χ1n) is 13.8. The maximum Gasteiger partial charge on any atom is 0.169 e. The Bertz CT molecular complexity index is 764. The Morgan fingerprint density at radius 3 is 2.68 bits per heavy atom. The lowest BCUT2D eigenvalue weighted by atomic mass is 9.60. The van der Waals surface area contributed by atoms with Gasteiger partial charge >= 0.3 is 0 Å². The molecule has 0 aromatic rings. The molecule has 0 amide bonds. The van der Waals surface area contributed by atoms with Crippen LogP contribution in [0.25, 0.3) is 0 Å². The number of allylic oxidation sites excluding steroid dienone is 4. The van der Waals surface area contributed by atoms with Gasteiger partial charge in [-0.1, -0.05) is 56.6 Å². The molecule has 3 fully saturated rings. The van der Waals surface area contributed by atoms with Crippen LogP contribution in [-0.2, 0) is 4.74 Å². The standard InChI is InChI=1S/C30H51NO3/c1-22-15-18-30(33,34-20-8-19-31)21-25(22)12-11-24-10-7-17-29(5)26(13-14-27(24)29)23(2)9-6-16-28(3,4)32/h11-12,23,26-27,32-33H,1,6-10,13-21,31H2,2-5H3/b24-11?,25-12-/t23-,26-,27?,29-,30-/m1/s1. The van der Waals surface area contributed by atoms with E-state index in [4.69, 9.17) is 10.5 Å². The largest absolute Gasteiger partial charge is 0.390 e. The molecule has 4 N–H and O–H groups in total. The summed E-state index contributed by atoms with van der Waals surface area (Å²) in [7, 11) is 0. The molecule has 3 saturated carbocycles. The predicted molar refractivity (Wildman–Crippen MR) is 141 cm³/mol. The van der Waals surface area contributed by atoms with E-state index < -0.39 is 11.4 Å². The molecule has 0 spiro atoms. The van der Waals surface area contributed by atoms with Crippen LogP contribution >= 0.6 is 0 Å². The fourth-order valence-electron chi connectivity index (χ4n) is 7.14. The van der Waals surface area contributed by atoms with Crippen molar-refractivity contribution in [3.63, 3.8) is 0 Å². The molecule has 3 aliphatic carbocycles. The number of aliphatic hydroxyl groups is 2. The van der Waals surface area contributed by atoms with Gasteiger partial charge in [-0.05, 0) is 101 Å². The summed E-state index contributed by atoms with van der Waals surface area (Å²) in [4.78, 5) is 0. The summed E-state index contributed by atoms with van der Waals surface area (Å²) in [6.45, 7) is 14.2. The van der Waals surface area contributed by atoms with Gasteiger partial charge in [-0.15, -0.1) is 0 Å². The third-order valence-corrected chi connectivity index (χ3v) is 9.13. The lowest BCUT2D eigenvalue weighted by molar-refractivity contribution is -0.209. The minimum Gasteiger partial charge on any atom is -0.390 e. The van der Waals surface area contributed by atoms with Gasteiger partial charge in [0.15, 0.2) is 5.79 Å². The summed E-state index contributed by atoms with van der Waals surface area (Å²) in [6.07, 6.45) is 16.9. The highest BCUT2D eigenvalue weighted by Gasteiger charge is 2.50. The molecule has 0 aliphatic heterocycles. The second-order valence-electron chi connectivity index (χ2n) is 12.4. The van der Waals surface area contributed by atoms with Crippen LogP contribution in [0.1, 0.15) is 105 Å². The van der Waals surface area contributed by atoms with Crippen LogP contribution in [0.5, 0.6) is 0 Å². The molecule has 0 aromatic heterocycles. The topological polar surface area (TPSA) is 75.7 Å². The number of nitrogens with two attached hydrogens (primary N) is 1. The number of ether oxygens (including phenoxy) is 1. The van der Waals surface area contributed by atoms with E-state index in [1.807, 2.05) is 13.8 Å². The van der Waals surface area contributed by atoms with E-state index in [1.54, 1.807) is 5.57 Å². The van der Waals surface area contributed by atoms with Crippen LogP contribution in [0.3, 0.4) is 0 Å². The van der Waals surface area contributed by atoms with E-state index in [1.165, 1.54) is 38.5 Å². The van der Waals surface area contributed by atoms with Crippen LogP contribution < -0.4 is 5.73 Å². The van der Waals surface area contributed by atoms with Crippen molar-refractivity contribution in [2.45, 2.75) is 116 Å². The summed E-state index contributed by atoms with van der Waals surface area (Å²) < 4.78 is 5.82. The molecule has 34 heavy (non-hydrogen) atoms. The zero-order chi connectivity index (χ0) is 25.0. The molecular weight excluding hydrogens is 422 g/mol. The van der Waals surface area contributed by atoms with Gasteiger partial charge < -0.3 is 20.7 Å². The van der Waals surface area contributed by atoms with Crippen molar-refractivity contribution < 1.29 is 14.9 Å². The molecule has 0 heterocycles. The third kappa shape index (κ3) is 6.84. The Labute approximate surface area is 208 Å².